The fourth-order valence-corrected chi connectivity index (χ4v) is 2.54. The van der Waals surface area contributed by atoms with E-state index in [4.69, 9.17) is 0 Å². The van der Waals surface area contributed by atoms with Crippen molar-refractivity contribution in [3.8, 4) is 0 Å². The van der Waals surface area contributed by atoms with Gasteiger partial charge in [0.15, 0.2) is 0 Å². The van der Waals surface area contributed by atoms with E-state index in [2.05, 4.69) is 20.5 Å². The maximum atomic E-state index is 12.1. The van der Waals surface area contributed by atoms with Crippen LogP contribution < -0.4 is 10.9 Å². The van der Waals surface area contributed by atoms with E-state index in [9.17, 15) is 9.59 Å². The van der Waals surface area contributed by atoms with Gasteiger partial charge in [0.05, 0.1) is 17.9 Å². The highest BCUT2D eigenvalue weighted by atomic mass is 32.1. The zero-order valence-corrected chi connectivity index (χ0v) is 11.4. The Bertz CT molecular complexity index is 832. The minimum atomic E-state index is -0.309. The number of anilines is 1. The molecule has 7 nitrogen and oxygen atoms in total. The molecule has 8 heteroatoms. The molecule has 2 N–H and O–H groups in total. The molecular weight excluding hydrogens is 278 g/mol. The van der Waals surface area contributed by atoms with E-state index >= 15 is 0 Å². The van der Waals surface area contributed by atoms with Gasteiger partial charge in [-0.05, 0) is 18.4 Å². The first-order chi connectivity index (χ1) is 9.65. The number of rotatable bonds is 3. The molecule has 3 heterocycles. The van der Waals surface area contributed by atoms with Gasteiger partial charge in [0, 0.05) is 5.56 Å². The largest absolute Gasteiger partial charge is 0.309 e. The van der Waals surface area contributed by atoms with E-state index < -0.39 is 0 Å². The topological polar surface area (TPSA) is 92.7 Å². The van der Waals surface area contributed by atoms with E-state index in [1.165, 1.54) is 22.2 Å². The van der Waals surface area contributed by atoms with Gasteiger partial charge in [-0.25, -0.2) is 4.98 Å². The van der Waals surface area contributed by atoms with Crippen LogP contribution in [-0.4, -0.2) is 25.7 Å². The second kappa shape index (κ2) is 4.89. The Labute approximate surface area is 117 Å². The molecule has 0 aliphatic carbocycles. The Balaban J connectivity index is 1.82. The first-order valence-electron chi connectivity index (χ1n) is 5.87. The number of hydrogen-bond acceptors (Lipinski definition) is 5. The molecule has 0 aromatic carbocycles. The number of H-pyrrole nitrogens is 1. The quantitative estimate of drug-likeness (QED) is 0.756. The minimum Gasteiger partial charge on any atom is -0.309 e. The van der Waals surface area contributed by atoms with Crippen LogP contribution in [-0.2, 0) is 11.3 Å². The SMILES string of the molecule is Cc1cn[nH]c1NC(=O)Cn1cnc2sccc2c1=O. The highest BCUT2D eigenvalue weighted by molar-refractivity contribution is 7.16. The van der Waals surface area contributed by atoms with Gasteiger partial charge in [-0.2, -0.15) is 5.10 Å². The van der Waals surface area contributed by atoms with Crippen LogP contribution in [0.1, 0.15) is 5.56 Å². The highest BCUT2D eigenvalue weighted by Gasteiger charge is 2.10. The summed E-state index contributed by atoms with van der Waals surface area (Å²) in [5.74, 6) is 0.225. The smallest absolute Gasteiger partial charge is 0.262 e. The first kappa shape index (κ1) is 12.5. The molecule has 0 atom stereocenters. The van der Waals surface area contributed by atoms with Crippen molar-refractivity contribution in [2.45, 2.75) is 13.5 Å². The number of amides is 1. The fraction of sp³-hybridized carbons (Fsp3) is 0.167. The van der Waals surface area contributed by atoms with Crippen LogP contribution in [0.3, 0.4) is 0 Å². The number of nitrogens with one attached hydrogen (secondary N) is 2. The van der Waals surface area contributed by atoms with Crippen molar-refractivity contribution in [1.82, 2.24) is 19.7 Å². The highest BCUT2D eigenvalue weighted by Crippen LogP contribution is 2.13. The average Bonchev–Trinajstić information content (AvgIpc) is 3.03. The number of carbonyl (C=O) groups excluding carboxylic acids is 1. The number of hydrogen-bond donors (Lipinski definition) is 2. The molecule has 0 aliphatic rings. The number of carbonyl (C=O) groups is 1. The number of aromatic nitrogens is 4. The molecule has 0 radical (unpaired) electrons. The molecule has 3 aromatic heterocycles. The summed E-state index contributed by atoms with van der Waals surface area (Å²) in [7, 11) is 0. The van der Waals surface area contributed by atoms with Gasteiger partial charge in [-0.3, -0.25) is 19.3 Å². The number of aryl methyl sites for hydroxylation is 1. The molecule has 0 spiro atoms. The Hall–Kier alpha value is -2.48. The van der Waals surface area contributed by atoms with Crippen LogP contribution in [0, 0.1) is 6.92 Å². The van der Waals surface area contributed by atoms with Crippen molar-refractivity contribution < 1.29 is 4.79 Å². The van der Waals surface area contributed by atoms with Crippen molar-refractivity contribution in [1.29, 1.82) is 0 Å². The summed E-state index contributed by atoms with van der Waals surface area (Å²) in [6, 6.07) is 1.71. The predicted octanol–water partition coefficient (Wildman–Crippen LogP) is 1.13. The molecule has 102 valence electrons. The van der Waals surface area contributed by atoms with Crippen LogP contribution in [0.15, 0.2) is 28.8 Å². The lowest BCUT2D eigenvalue weighted by Crippen LogP contribution is -2.27. The van der Waals surface area contributed by atoms with Crippen molar-refractivity contribution in [2.24, 2.45) is 0 Å². The number of aromatic amines is 1. The summed E-state index contributed by atoms with van der Waals surface area (Å²) in [6.07, 6.45) is 3.00. The molecule has 0 bridgehead atoms. The van der Waals surface area contributed by atoms with Gasteiger partial charge in [0.25, 0.3) is 5.56 Å². The van der Waals surface area contributed by atoms with Crippen molar-refractivity contribution >= 4 is 33.3 Å². The molecule has 3 rings (SSSR count). The lowest BCUT2D eigenvalue weighted by molar-refractivity contribution is -0.116. The molecular formula is C12H11N5O2S. The molecule has 1 amide bonds. The summed E-state index contributed by atoms with van der Waals surface area (Å²) < 4.78 is 1.29. The lowest BCUT2D eigenvalue weighted by atomic mass is 10.3. The Kier molecular flexibility index (Phi) is 3.07. The Morgan fingerprint density at radius 2 is 2.40 bits per heavy atom. The monoisotopic (exact) mass is 289 g/mol. The summed E-state index contributed by atoms with van der Waals surface area (Å²) in [5, 5.41) is 11.5. The first-order valence-corrected chi connectivity index (χ1v) is 6.75. The van der Waals surface area contributed by atoms with Gasteiger partial charge >= 0.3 is 0 Å². The molecule has 0 saturated carbocycles. The van der Waals surface area contributed by atoms with Crippen LogP contribution in [0.25, 0.3) is 10.2 Å². The molecule has 0 saturated heterocycles. The van der Waals surface area contributed by atoms with Gasteiger partial charge in [-0.1, -0.05) is 0 Å². The summed E-state index contributed by atoms with van der Waals surface area (Å²) in [4.78, 5) is 28.9. The third-order valence-electron chi connectivity index (χ3n) is 2.86. The van der Waals surface area contributed by atoms with Crippen LogP contribution >= 0.6 is 11.3 Å². The van der Waals surface area contributed by atoms with Gasteiger partial charge in [0.1, 0.15) is 17.2 Å². The summed E-state index contributed by atoms with van der Waals surface area (Å²) in [5.41, 5.74) is 0.616. The van der Waals surface area contributed by atoms with E-state index in [1.54, 1.807) is 17.6 Å². The van der Waals surface area contributed by atoms with Crippen molar-refractivity contribution in [3.63, 3.8) is 0 Å². The molecule has 20 heavy (non-hydrogen) atoms. The second-order valence-corrected chi connectivity index (χ2v) is 5.19. The van der Waals surface area contributed by atoms with Crippen molar-refractivity contribution in [2.75, 3.05) is 5.32 Å². The van der Waals surface area contributed by atoms with Crippen LogP contribution in [0.5, 0.6) is 0 Å². The fourth-order valence-electron chi connectivity index (χ4n) is 1.81. The third kappa shape index (κ3) is 2.21. The zero-order chi connectivity index (χ0) is 14.1. The normalized spacial score (nSPS) is 10.8. The average molecular weight is 289 g/mol. The van der Waals surface area contributed by atoms with Gasteiger partial charge < -0.3 is 5.32 Å². The van der Waals surface area contributed by atoms with Crippen molar-refractivity contribution in [3.05, 3.63) is 39.9 Å². The van der Waals surface area contributed by atoms with E-state index in [-0.39, 0.29) is 18.0 Å². The zero-order valence-electron chi connectivity index (χ0n) is 10.6. The molecule has 0 fully saturated rings. The van der Waals surface area contributed by atoms with Crippen LogP contribution in [0.2, 0.25) is 0 Å². The number of nitrogens with zero attached hydrogens (tertiary/aromatic N) is 3. The Morgan fingerprint density at radius 3 is 3.15 bits per heavy atom. The minimum absolute atomic E-state index is 0.0872. The van der Waals surface area contributed by atoms with Gasteiger partial charge in [-0.15, -0.1) is 11.3 Å². The third-order valence-corrected chi connectivity index (χ3v) is 3.68. The van der Waals surface area contributed by atoms with E-state index in [0.717, 1.165) is 5.56 Å². The number of thiophene rings is 1. The summed E-state index contributed by atoms with van der Waals surface area (Å²) in [6.45, 7) is 1.74. The Morgan fingerprint density at radius 1 is 1.55 bits per heavy atom. The van der Waals surface area contributed by atoms with Gasteiger partial charge in [0.2, 0.25) is 5.91 Å². The van der Waals surface area contributed by atoms with E-state index in [1.807, 2.05) is 6.92 Å². The summed E-state index contributed by atoms with van der Waals surface area (Å²) >= 11 is 1.40. The second-order valence-electron chi connectivity index (χ2n) is 4.29. The maximum Gasteiger partial charge on any atom is 0.262 e. The standard InChI is InChI=1S/C12H11N5O2S/c1-7-4-14-16-10(7)15-9(18)5-17-6-13-11-8(12(17)19)2-3-20-11/h2-4,6H,5H2,1H3,(H2,14,15,16,18). The lowest BCUT2D eigenvalue weighted by Gasteiger charge is -2.06. The predicted molar refractivity (Wildman–Crippen MR) is 75.8 cm³/mol. The number of fused-ring (bicyclic) bond motifs is 1. The van der Waals surface area contributed by atoms with E-state index in [0.29, 0.717) is 16.0 Å². The molecule has 0 aliphatic heterocycles. The molecule has 0 unspecified atom stereocenters. The molecule has 3 aromatic rings. The maximum absolute atomic E-state index is 12.1. The van der Waals surface area contributed by atoms with Crippen LogP contribution in [0.4, 0.5) is 5.82 Å².